The lowest BCUT2D eigenvalue weighted by Gasteiger charge is -1.95. The molecule has 42 valence electrons. The van der Waals surface area contributed by atoms with E-state index in [-0.39, 0.29) is 0 Å². The van der Waals surface area contributed by atoms with E-state index in [0.717, 1.165) is 0 Å². The van der Waals surface area contributed by atoms with E-state index < -0.39 is 6.03 Å². The highest BCUT2D eigenvalue weighted by Gasteiger charge is 1.87. The van der Waals surface area contributed by atoms with Crippen molar-refractivity contribution in [1.29, 1.82) is 0 Å². The summed E-state index contributed by atoms with van der Waals surface area (Å²) in [6.45, 7) is 0. The second-order valence-corrected chi connectivity index (χ2v) is 1.09. The van der Waals surface area contributed by atoms with E-state index >= 15 is 0 Å². The van der Waals surface area contributed by atoms with Gasteiger partial charge in [-0.05, 0) is 0 Å². The second kappa shape index (κ2) is 3.85. The van der Waals surface area contributed by atoms with Crippen LogP contribution in [0.25, 0.3) is 0 Å². The third-order valence-corrected chi connectivity index (χ3v) is 0.490. The number of rotatable bonds is 1. The summed E-state index contributed by atoms with van der Waals surface area (Å²) < 4.78 is 2.19. The highest BCUT2D eigenvalue weighted by atomic mass is 79.9. The summed E-state index contributed by atoms with van der Waals surface area (Å²) in [5, 5.41) is 0. The number of nitrogens with two attached hydrogens (primary N) is 1. The first-order valence-electron chi connectivity index (χ1n) is 1.43. The highest BCUT2D eigenvalue weighted by molar-refractivity contribution is 9.08. The smallest absolute Gasteiger partial charge is 0.275 e. The van der Waals surface area contributed by atoms with E-state index in [1.807, 2.05) is 5.43 Å². The Kier molecular flexibility index (Phi) is 3.67. The van der Waals surface area contributed by atoms with Crippen molar-refractivity contribution in [1.82, 2.24) is 15.3 Å². The topological polar surface area (TPSA) is 79.2 Å². The maximum Gasteiger partial charge on any atom is 0.343 e. The molecule has 7 heavy (non-hydrogen) atoms. The molecule has 0 fully saturated rings. The van der Waals surface area contributed by atoms with Crippen molar-refractivity contribution in [3.63, 3.8) is 0 Å². The van der Waals surface area contributed by atoms with Gasteiger partial charge in [0.15, 0.2) is 0 Å². The summed E-state index contributed by atoms with van der Waals surface area (Å²) in [5.41, 5.74) is 3.91. The van der Waals surface area contributed by atoms with Crippen molar-refractivity contribution >= 4 is 22.2 Å². The molecule has 5 nitrogen and oxygen atoms in total. The zero-order chi connectivity index (χ0) is 5.70. The molecule has 0 aliphatic carbocycles. The molecule has 0 saturated heterocycles. The van der Waals surface area contributed by atoms with Crippen LogP contribution in [0.15, 0.2) is 0 Å². The van der Waals surface area contributed by atoms with Gasteiger partial charge in [0.05, 0.1) is 0 Å². The molecule has 2 amide bonds. The van der Waals surface area contributed by atoms with E-state index in [9.17, 15) is 4.79 Å². The minimum Gasteiger partial charge on any atom is -0.275 e. The van der Waals surface area contributed by atoms with E-state index in [4.69, 9.17) is 0 Å². The molecule has 6 heteroatoms. The molecule has 0 heterocycles. The summed E-state index contributed by atoms with van der Waals surface area (Å²) in [6, 6.07) is -0.503. The van der Waals surface area contributed by atoms with Crippen molar-refractivity contribution in [2.45, 2.75) is 0 Å². The Bertz CT molecular complexity index is 64.7. The molecule has 0 rings (SSSR count). The molecular formula is CH5BrN4O. The number of hydrazine groups is 2. The zero-order valence-corrected chi connectivity index (χ0v) is 4.95. The Morgan fingerprint density at radius 2 is 2.29 bits per heavy atom. The average molecular weight is 169 g/mol. The van der Waals surface area contributed by atoms with Gasteiger partial charge in [0.2, 0.25) is 0 Å². The monoisotopic (exact) mass is 168 g/mol. The predicted octanol–water partition coefficient (Wildman–Crippen LogP) is -1.03. The van der Waals surface area contributed by atoms with Crippen LogP contribution in [0.1, 0.15) is 0 Å². The molecule has 5 N–H and O–H groups in total. The van der Waals surface area contributed by atoms with Crippen LogP contribution < -0.4 is 21.1 Å². The molecule has 0 aliphatic heterocycles. The first-order valence-corrected chi connectivity index (χ1v) is 2.22. The minimum absolute atomic E-state index is 0.503. The molecule has 0 saturated carbocycles. The number of amides is 2. The largest absolute Gasteiger partial charge is 0.343 e. The van der Waals surface area contributed by atoms with Gasteiger partial charge in [-0.1, -0.05) is 0 Å². The fourth-order valence-electron chi connectivity index (χ4n) is 0.0790. The second-order valence-electron chi connectivity index (χ2n) is 0.693. The van der Waals surface area contributed by atoms with Gasteiger partial charge < -0.3 is 0 Å². The summed E-state index contributed by atoms with van der Waals surface area (Å²) in [6.07, 6.45) is 0. The number of nitrogens with one attached hydrogen (secondary N) is 3. The molecule has 0 aromatic carbocycles. The van der Waals surface area contributed by atoms with Gasteiger partial charge in [-0.15, -0.1) is 0 Å². The Hall–Kier alpha value is -0.330. The molecular weight excluding hydrogens is 164 g/mol. The molecule has 0 spiro atoms. The number of hydrogen-bond donors (Lipinski definition) is 4. The van der Waals surface area contributed by atoms with Crippen LogP contribution >= 0.6 is 16.1 Å². The van der Waals surface area contributed by atoms with Gasteiger partial charge in [-0.25, -0.2) is 10.6 Å². The zero-order valence-electron chi connectivity index (χ0n) is 3.36. The van der Waals surface area contributed by atoms with Crippen molar-refractivity contribution in [2.24, 2.45) is 5.84 Å². The van der Waals surface area contributed by atoms with Crippen LogP contribution in [-0.2, 0) is 0 Å². The third-order valence-electron chi connectivity index (χ3n) is 0.292. The first-order chi connectivity index (χ1) is 3.31. The van der Waals surface area contributed by atoms with Gasteiger partial charge in [-0.2, -0.15) is 4.45 Å². The maximum atomic E-state index is 9.97. The summed E-state index contributed by atoms with van der Waals surface area (Å²) in [4.78, 5) is 9.97. The maximum absolute atomic E-state index is 9.97. The van der Waals surface area contributed by atoms with Crippen LogP contribution in [-0.4, -0.2) is 6.03 Å². The predicted molar refractivity (Wildman–Crippen MR) is 27.9 cm³/mol. The number of carbonyl (C=O) groups excluding carboxylic acids is 1. The lowest BCUT2D eigenvalue weighted by atomic mass is 11.1. The van der Waals surface area contributed by atoms with Crippen LogP contribution in [0.2, 0.25) is 0 Å². The lowest BCUT2D eigenvalue weighted by molar-refractivity contribution is 0.240. The molecule has 0 aromatic rings. The van der Waals surface area contributed by atoms with Crippen LogP contribution in [0, 0.1) is 0 Å². The van der Waals surface area contributed by atoms with E-state index in [1.54, 1.807) is 0 Å². The quantitative estimate of drug-likeness (QED) is 0.175. The number of carbonyl (C=O) groups is 1. The summed E-state index contributed by atoms with van der Waals surface area (Å²) in [7, 11) is 0. The Balaban J connectivity index is 3.00. The summed E-state index contributed by atoms with van der Waals surface area (Å²) in [5.74, 6) is 4.64. The molecule has 0 radical (unpaired) electrons. The molecule has 0 aliphatic rings. The van der Waals surface area contributed by atoms with Crippen LogP contribution in [0.3, 0.4) is 0 Å². The molecule has 0 atom stereocenters. The lowest BCUT2D eigenvalue weighted by Crippen LogP contribution is -2.43. The standard InChI is InChI=1S/CH5BrN4O/c2-6-5-1(7)4-3/h6H,3H2,(H2,4,5,7). The fourth-order valence-corrected chi connectivity index (χ4v) is 0.259. The Morgan fingerprint density at radius 3 is 2.43 bits per heavy atom. The van der Waals surface area contributed by atoms with Gasteiger partial charge in [-0.3, -0.25) is 10.9 Å². The number of halogens is 1. The van der Waals surface area contributed by atoms with E-state index in [0.29, 0.717) is 0 Å². The normalized spacial score (nSPS) is 7.71. The highest BCUT2D eigenvalue weighted by Crippen LogP contribution is 1.57. The average Bonchev–Trinajstić information content (AvgIpc) is 1.68. The number of urea groups is 1. The first kappa shape index (κ1) is 6.67. The van der Waals surface area contributed by atoms with Crippen molar-refractivity contribution in [3.05, 3.63) is 0 Å². The SMILES string of the molecule is NNC(=O)NNBr. The molecule has 0 bridgehead atoms. The summed E-state index contributed by atoms with van der Waals surface area (Å²) >= 11 is 2.71. The van der Waals surface area contributed by atoms with E-state index in [2.05, 4.69) is 31.9 Å². The minimum atomic E-state index is -0.503. The van der Waals surface area contributed by atoms with E-state index in [1.165, 1.54) is 0 Å². The van der Waals surface area contributed by atoms with Crippen LogP contribution in [0.5, 0.6) is 0 Å². The Morgan fingerprint density at radius 1 is 1.71 bits per heavy atom. The van der Waals surface area contributed by atoms with Crippen molar-refractivity contribution < 1.29 is 4.79 Å². The van der Waals surface area contributed by atoms with Crippen LogP contribution in [0.4, 0.5) is 4.79 Å². The van der Waals surface area contributed by atoms with Gasteiger partial charge in [0, 0.05) is 16.1 Å². The molecule has 0 unspecified atom stereocenters. The van der Waals surface area contributed by atoms with Gasteiger partial charge in [0.1, 0.15) is 0 Å². The van der Waals surface area contributed by atoms with Gasteiger partial charge >= 0.3 is 6.03 Å². The van der Waals surface area contributed by atoms with Crippen molar-refractivity contribution in [2.75, 3.05) is 0 Å². The van der Waals surface area contributed by atoms with Crippen molar-refractivity contribution in [3.8, 4) is 0 Å². The third kappa shape index (κ3) is 3.50. The van der Waals surface area contributed by atoms with Gasteiger partial charge in [0.25, 0.3) is 0 Å². The Labute approximate surface area is 48.9 Å². The molecule has 0 aromatic heterocycles. The number of hydrogen-bond acceptors (Lipinski definition) is 3. The fraction of sp³-hybridized carbons (Fsp3) is 0.